The van der Waals surface area contributed by atoms with Crippen LogP contribution in [0.1, 0.15) is 29.8 Å². The molecule has 1 aliphatic rings. The molecule has 1 aromatic rings. The normalized spacial score (nSPS) is 21.4. The number of hydrogen-bond acceptors (Lipinski definition) is 4. The van der Waals surface area contributed by atoms with E-state index >= 15 is 0 Å². The van der Waals surface area contributed by atoms with Crippen LogP contribution in [0.5, 0.6) is 0 Å². The summed E-state index contributed by atoms with van der Waals surface area (Å²) in [4.78, 5) is 14.5. The van der Waals surface area contributed by atoms with E-state index in [4.69, 9.17) is 10.5 Å². The average Bonchev–Trinajstić information content (AvgIpc) is 2.40. The molecule has 1 atom stereocenters. The maximum atomic E-state index is 12.8. The van der Waals surface area contributed by atoms with Gasteiger partial charge in [0.1, 0.15) is 0 Å². The van der Waals surface area contributed by atoms with E-state index in [1.54, 1.807) is 17.0 Å². The van der Waals surface area contributed by atoms with Crippen LogP contribution >= 0.6 is 15.9 Å². The number of nitrogens with two attached hydrogens (primary N) is 1. The zero-order valence-electron chi connectivity index (χ0n) is 12.5. The summed E-state index contributed by atoms with van der Waals surface area (Å²) < 4.78 is 6.52. The third kappa shape index (κ3) is 3.56. The van der Waals surface area contributed by atoms with E-state index in [2.05, 4.69) is 15.9 Å². The summed E-state index contributed by atoms with van der Waals surface area (Å²) in [5.74, 6) is -0.0877. The number of benzene rings is 1. The largest absolute Gasteiger partial charge is 0.398 e. The van der Waals surface area contributed by atoms with Gasteiger partial charge >= 0.3 is 0 Å². The first-order valence-corrected chi connectivity index (χ1v) is 7.66. The Hall–Kier alpha value is -1.11. The molecule has 1 fully saturated rings. The van der Waals surface area contributed by atoms with E-state index in [-0.39, 0.29) is 18.6 Å². The number of ether oxygens (including phenoxy) is 1. The highest BCUT2D eigenvalue weighted by Gasteiger charge is 2.36. The van der Waals surface area contributed by atoms with Crippen molar-refractivity contribution >= 4 is 27.5 Å². The predicted molar refractivity (Wildman–Crippen MR) is 85.2 cm³/mol. The number of nitrogen functional groups attached to an aromatic ring is 1. The summed E-state index contributed by atoms with van der Waals surface area (Å²) in [6, 6.07) is 3.57. The van der Waals surface area contributed by atoms with Crippen LogP contribution in [0.2, 0.25) is 0 Å². The van der Waals surface area contributed by atoms with Crippen LogP contribution < -0.4 is 5.73 Å². The summed E-state index contributed by atoms with van der Waals surface area (Å²) in [5.41, 5.74) is 7.38. The molecule has 0 aromatic heterocycles. The molecule has 1 unspecified atom stereocenters. The smallest absolute Gasteiger partial charge is 0.254 e. The first kappa shape index (κ1) is 16.3. The number of rotatable bonds is 2. The number of carbonyl (C=O) groups is 1. The molecule has 5 nitrogen and oxygen atoms in total. The highest BCUT2D eigenvalue weighted by molar-refractivity contribution is 9.10. The molecule has 0 spiro atoms. The highest BCUT2D eigenvalue weighted by Crippen LogP contribution is 2.27. The SMILES string of the molecule is Cc1c(N)cc(Br)cc1C(=O)N1CC(CO)OC(C)(C)C1. The van der Waals surface area contributed by atoms with Crippen molar-refractivity contribution in [2.24, 2.45) is 0 Å². The number of anilines is 1. The molecule has 0 aliphatic carbocycles. The molecule has 116 valence electrons. The van der Waals surface area contributed by atoms with E-state index in [9.17, 15) is 9.90 Å². The van der Waals surface area contributed by atoms with Crippen LogP contribution in [0, 0.1) is 6.92 Å². The van der Waals surface area contributed by atoms with Gasteiger partial charge in [0.15, 0.2) is 0 Å². The highest BCUT2D eigenvalue weighted by atomic mass is 79.9. The van der Waals surface area contributed by atoms with Gasteiger partial charge in [-0.3, -0.25) is 4.79 Å². The Morgan fingerprint density at radius 1 is 1.57 bits per heavy atom. The summed E-state index contributed by atoms with van der Waals surface area (Å²) in [5, 5.41) is 9.35. The number of amides is 1. The van der Waals surface area contributed by atoms with Crippen molar-refractivity contribution in [3.8, 4) is 0 Å². The van der Waals surface area contributed by atoms with Crippen molar-refractivity contribution in [1.29, 1.82) is 0 Å². The van der Waals surface area contributed by atoms with Crippen molar-refractivity contribution in [3.63, 3.8) is 0 Å². The Kier molecular flexibility index (Phi) is 4.60. The van der Waals surface area contributed by atoms with Gasteiger partial charge in [-0.15, -0.1) is 0 Å². The molecule has 1 aromatic carbocycles. The van der Waals surface area contributed by atoms with E-state index in [1.165, 1.54) is 0 Å². The second-order valence-electron chi connectivity index (χ2n) is 6.04. The molecular weight excluding hydrogens is 336 g/mol. The van der Waals surface area contributed by atoms with Crippen LogP contribution in [-0.2, 0) is 4.74 Å². The molecule has 1 heterocycles. The standard InChI is InChI=1S/C15H21BrN2O3/c1-9-12(4-10(16)5-13(9)17)14(20)18-6-11(7-19)21-15(2,3)8-18/h4-5,11,19H,6-8,17H2,1-3H3. The van der Waals surface area contributed by atoms with Crippen molar-refractivity contribution in [2.75, 3.05) is 25.4 Å². The van der Waals surface area contributed by atoms with Crippen molar-refractivity contribution in [3.05, 3.63) is 27.7 Å². The van der Waals surface area contributed by atoms with Crippen molar-refractivity contribution in [2.45, 2.75) is 32.5 Å². The molecule has 2 rings (SSSR count). The quantitative estimate of drug-likeness (QED) is 0.794. The third-order valence-electron chi connectivity index (χ3n) is 3.62. The van der Waals surface area contributed by atoms with Gasteiger partial charge in [0, 0.05) is 28.8 Å². The Bertz CT molecular complexity index is 560. The lowest BCUT2D eigenvalue weighted by Crippen LogP contribution is -2.55. The molecule has 3 N–H and O–H groups in total. The van der Waals surface area contributed by atoms with Gasteiger partial charge < -0.3 is 20.5 Å². The second-order valence-corrected chi connectivity index (χ2v) is 6.95. The number of halogens is 1. The number of morpholine rings is 1. The van der Waals surface area contributed by atoms with E-state index in [0.717, 1.165) is 10.0 Å². The molecule has 0 radical (unpaired) electrons. The fourth-order valence-electron chi connectivity index (χ4n) is 2.64. The minimum atomic E-state index is -0.479. The predicted octanol–water partition coefficient (Wildman–Crippen LogP) is 1.95. The number of nitrogens with zero attached hydrogens (tertiary/aromatic N) is 1. The molecule has 21 heavy (non-hydrogen) atoms. The molecule has 1 amide bonds. The molecule has 0 bridgehead atoms. The Morgan fingerprint density at radius 2 is 2.24 bits per heavy atom. The van der Waals surface area contributed by atoms with Crippen LogP contribution in [0.3, 0.4) is 0 Å². The lowest BCUT2D eigenvalue weighted by molar-refractivity contribution is -0.139. The number of carbonyl (C=O) groups excluding carboxylic acids is 1. The van der Waals surface area contributed by atoms with E-state index < -0.39 is 5.60 Å². The average molecular weight is 357 g/mol. The van der Waals surface area contributed by atoms with Crippen LogP contribution in [-0.4, -0.2) is 47.3 Å². The van der Waals surface area contributed by atoms with E-state index in [0.29, 0.717) is 24.3 Å². The summed E-state index contributed by atoms with van der Waals surface area (Å²) in [6.07, 6.45) is -0.359. The van der Waals surface area contributed by atoms with E-state index in [1.807, 2.05) is 20.8 Å². The second kappa shape index (κ2) is 5.94. The number of hydrogen-bond donors (Lipinski definition) is 2. The summed E-state index contributed by atoms with van der Waals surface area (Å²) in [6.45, 7) is 6.42. The van der Waals surface area contributed by atoms with Gasteiger partial charge in [-0.25, -0.2) is 0 Å². The Morgan fingerprint density at radius 3 is 2.86 bits per heavy atom. The van der Waals surface area contributed by atoms with Gasteiger partial charge in [-0.05, 0) is 38.5 Å². The molecule has 6 heteroatoms. The molecule has 0 saturated carbocycles. The Labute approximate surface area is 133 Å². The molecule has 1 aliphatic heterocycles. The zero-order valence-corrected chi connectivity index (χ0v) is 14.1. The first-order chi connectivity index (χ1) is 9.73. The first-order valence-electron chi connectivity index (χ1n) is 6.87. The van der Waals surface area contributed by atoms with Gasteiger partial charge in [0.25, 0.3) is 5.91 Å². The van der Waals surface area contributed by atoms with Gasteiger partial charge in [0.2, 0.25) is 0 Å². The van der Waals surface area contributed by atoms with Gasteiger partial charge in [-0.2, -0.15) is 0 Å². The summed E-state index contributed by atoms with van der Waals surface area (Å²) in [7, 11) is 0. The van der Waals surface area contributed by atoms with Crippen molar-refractivity contribution < 1.29 is 14.6 Å². The molecule has 1 saturated heterocycles. The monoisotopic (exact) mass is 356 g/mol. The van der Waals surface area contributed by atoms with Crippen LogP contribution in [0.4, 0.5) is 5.69 Å². The minimum Gasteiger partial charge on any atom is -0.398 e. The number of aliphatic hydroxyl groups is 1. The fraction of sp³-hybridized carbons (Fsp3) is 0.533. The summed E-state index contributed by atoms with van der Waals surface area (Å²) >= 11 is 3.37. The maximum absolute atomic E-state index is 12.8. The van der Waals surface area contributed by atoms with Crippen LogP contribution in [0.25, 0.3) is 0 Å². The number of aliphatic hydroxyl groups excluding tert-OH is 1. The maximum Gasteiger partial charge on any atom is 0.254 e. The van der Waals surface area contributed by atoms with Gasteiger partial charge in [0.05, 0.1) is 18.3 Å². The Balaban J connectivity index is 2.31. The lowest BCUT2D eigenvalue weighted by atomic mass is 10.0. The fourth-order valence-corrected chi connectivity index (χ4v) is 3.11. The van der Waals surface area contributed by atoms with Gasteiger partial charge in [-0.1, -0.05) is 15.9 Å². The molecular formula is C15H21BrN2O3. The van der Waals surface area contributed by atoms with Crippen LogP contribution in [0.15, 0.2) is 16.6 Å². The van der Waals surface area contributed by atoms with Crippen molar-refractivity contribution in [1.82, 2.24) is 4.90 Å². The minimum absolute atomic E-state index is 0.0877. The third-order valence-corrected chi connectivity index (χ3v) is 4.07. The zero-order chi connectivity index (χ0) is 15.8. The topological polar surface area (TPSA) is 75.8 Å². The lowest BCUT2D eigenvalue weighted by Gasteiger charge is -2.42.